The van der Waals surface area contributed by atoms with Crippen LogP contribution in [0.25, 0.3) is 10.4 Å². The van der Waals surface area contributed by atoms with E-state index in [0.717, 1.165) is 21.4 Å². The Bertz CT molecular complexity index is 588. The molecule has 13 heavy (non-hydrogen) atoms. The Kier molecular flexibility index (Phi) is 1.33. The Morgan fingerprint density at radius 3 is 3.08 bits per heavy atom. The number of halogens is 1. The molecule has 0 fully saturated rings. The molecule has 0 spiro atoms. The van der Waals surface area contributed by atoms with Crippen molar-refractivity contribution in [2.24, 2.45) is 0 Å². The largest absolute Gasteiger partial charge is 0.141 e. The molecular weight excluding hydrogens is 244 g/mol. The van der Waals surface area contributed by atoms with Crippen LogP contribution in [-0.4, -0.2) is 0 Å². The van der Waals surface area contributed by atoms with Crippen LogP contribution < -0.4 is 0 Å². The average Bonchev–Trinajstić information content (AvgIpc) is 2.55. The minimum atomic E-state index is -2.33. The number of hydrogen-bond acceptors (Lipinski definition) is 1. The van der Waals surface area contributed by atoms with Crippen molar-refractivity contribution in [3.63, 3.8) is 0 Å². The second-order valence-corrected chi connectivity index (χ2v) is 4.46. The van der Waals surface area contributed by atoms with Crippen LogP contribution in [0, 0.1) is 6.85 Å². The van der Waals surface area contributed by atoms with Gasteiger partial charge < -0.3 is 0 Å². The third kappa shape index (κ3) is 2.01. The van der Waals surface area contributed by atoms with E-state index < -0.39 is 6.85 Å². The van der Waals surface area contributed by atoms with E-state index in [1.807, 2.05) is 18.2 Å². The SMILES string of the molecule is [2H]c1c(-c2cccc(Br)c2)sc(C([2H])([2H])[2H])c1[2H]. The van der Waals surface area contributed by atoms with Crippen LogP contribution in [0.15, 0.2) is 40.8 Å². The summed E-state index contributed by atoms with van der Waals surface area (Å²) in [6.07, 6.45) is 0. The lowest BCUT2D eigenvalue weighted by Gasteiger charge is -1.96. The van der Waals surface area contributed by atoms with Gasteiger partial charge in [0.2, 0.25) is 0 Å². The maximum Gasteiger partial charge on any atom is 0.0638 e. The van der Waals surface area contributed by atoms with E-state index in [4.69, 9.17) is 6.85 Å². The summed E-state index contributed by atoms with van der Waals surface area (Å²) in [4.78, 5) is 0.495. The predicted octanol–water partition coefficient (Wildman–Crippen LogP) is 4.49. The molecule has 66 valence electrons. The Balaban J connectivity index is 2.60. The van der Waals surface area contributed by atoms with Gasteiger partial charge in [0.25, 0.3) is 0 Å². The first-order valence-electron chi connectivity index (χ1n) is 6.17. The van der Waals surface area contributed by atoms with Crippen molar-refractivity contribution < 1.29 is 6.85 Å². The van der Waals surface area contributed by atoms with E-state index >= 15 is 0 Å². The number of aryl methyl sites for hydroxylation is 1. The maximum atomic E-state index is 7.86. The van der Waals surface area contributed by atoms with Crippen LogP contribution in [0.4, 0.5) is 0 Å². The fourth-order valence-corrected chi connectivity index (χ4v) is 2.08. The quantitative estimate of drug-likeness (QED) is 0.707. The van der Waals surface area contributed by atoms with Crippen LogP contribution in [0.5, 0.6) is 0 Å². The summed E-state index contributed by atoms with van der Waals surface area (Å²) in [5, 5.41) is 0. The molecule has 0 bridgehead atoms. The van der Waals surface area contributed by atoms with Gasteiger partial charge in [-0.2, -0.15) is 0 Å². The zero-order valence-corrected chi connectivity index (χ0v) is 9.00. The van der Waals surface area contributed by atoms with E-state index in [0.29, 0.717) is 4.88 Å². The number of thiophene rings is 1. The first-order chi connectivity index (χ1) is 8.30. The summed E-state index contributed by atoms with van der Waals surface area (Å²) in [7, 11) is 0. The fraction of sp³-hybridized carbons (Fsp3) is 0.0909. The number of rotatable bonds is 1. The second kappa shape index (κ2) is 3.64. The summed E-state index contributed by atoms with van der Waals surface area (Å²) in [5.41, 5.74) is 0.753. The van der Waals surface area contributed by atoms with Gasteiger partial charge >= 0.3 is 0 Å². The fourth-order valence-electron chi connectivity index (χ4n) is 1.03. The monoisotopic (exact) mass is 257 g/mol. The van der Waals surface area contributed by atoms with Gasteiger partial charge in [-0.05, 0) is 36.6 Å². The smallest absolute Gasteiger partial charge is 0.0638 e. The van der Waals surface area contributed by atoms with Gasteiger partial charge in [0.15, 0.2) is 0 Å². The third-order valence-electron chi connectivity index (χ3n) is 1.58. The first-order valence-corrected chi connectivity index (χ1v) is 5.28. The summed E-state index contributed by atoms with van der Waals surface area (Å²) in [6.45, 7) is -2.33. The van der Waals surface area contributed by atoms with Crippen molar-refractivity contribution in [2.75, 3.05) is 0 Å². The van der Waals surface area contributed by atoms with Gasteiger partial charge in [-0.1, -0.05) is 28.1 Å². The second-order valence-electron chi connectivity index (χ2n) is 2.52. The molecule has 0 nitrogen and oxygen atoms in total. The van der Waals surface area contributed by atoms with Crippen LogP contribution in [0.1, 0.15) is 11.7 Å². The van der Waals surface area contributed by atoms with Crippen molar-refractivity contribution in [3.8, 4) is 10.4 Å². The van der Waals surface area contributed by atoms with Crippen LogP contribution in [-0.2, 0) is 0 Å². The average molecular weight is 258 g/mol. The molecule has 0 amide bonds. The summed E-state index contributed by atoms with van der Waals surface area (Å²) >= 11 is 4.33. The Morgan fingerprint density at radius 1 is 1.46 bits per heavy atom. The van der Waals surface area contributed by atoms with Gasteiger partial charge in [0.1, 0.15) is 0 Å². The molecule has 0 aliphatic heterocycles. The lowest BCUT2D eigenvalue weighted by molar-refractivity contribution is 1.63. The van der Waals surface area contributed by atoms with Crippen LogP contribution in [0.2, 0.25) is 0 Å². The molecule has 2 aromatic rings. The predicted molar refractivity (Wildman–Crippen MR) is 62.2 cm³/mol. The van der Waals surface area contributed by atoms with E-state index in [9.17, 15) is 0 Å². The Hall–Kier alpha value is -0.600. The molecular formula is C11H9BrS. The van der Waals surface area contributed by atoms with Crippen molar-refractivity contribution in [1.29, 1.82) is 0 Å². The molecule has 0 unspecified atom stereocenters. The van der Waals surface area contributed by atoms with Crippen molar-refractivity contribution in [1.82, 2.24) is 0 Å². The van der Waals surface area contributed by atoms with E-state index in [2.05, 4.69) is 15.9 Å². The minimum Gasteiger partial charge on any atom is -0.141 e. The van der Waals surface area contributed by atoms with Gasteiger partial charge in [0, 0.05) is 18.3 Å². The number of hydrogen-bond donors (Lipinski definition) is 0. The first kappa shape index (κ1) is 4.76. The Morgan fingerprint density at radius 2 is 2.38 bits per heavy atom. The highest BCUT2D eigenvalue weighted by Gasteiger charge is 1.99. The molecule has 1 aromatic heterocycles. The molecule has 0 aliphatic carbocycles. The van der Waals surface area contributed by atoms with E-state index in [1.54, 1.807) is 6.07 Å². The van der Waals surface area contributed by atoms with Crippen LogP contribution in [0.3, 0.4) is 0 Å². The molecule has 2 heteroatoms. The highest BCUT2D eigenvalue weighted by Crippen LogP contribution is 2.29. The van der Waals surface area contributed by atoms with Gasteiger partial charge in [-0.15, -0.1) is 11.3 Å². The summed E-state index contributed by atoms with van der Waals surface area (Å²) in [5.74, 6) is 0. The standard InChI is InChI=1S/C11H9BrS/c1-8-5-6-11(13-8)9-3-2-4-10(12)7-9/h2-7H,1H3/i1D3,5D,6D. The van der Waals surface area contributed by atoms with Crippen molar-refractivity contribution >= 4 is 27.3 Å². The highest BCUT2D eigenvalue weighted by atomic mass is 79.9. The molecule has 0 aliphatic rings. The van der Waals surface area contributed by atoms with E-state index in [-0.39, 0.29) is 17.0 Å². The van der Waals surface area contributed by atoms with Gasteiger partial charge in [-0.3, -0.25) is 0 Å². The molecule has 1 heterocycles. The van der Waals surface area contributed by atoms with Crippen molar-refractivity contribution in [3.05, 3.63) is 45.7 Å². The maximum absolute atomic E-state index is 7.86. The van der Waals surface area contributed by atoms with E-state index in [1.165, 1.54) is 0 Å². The minimum absolute atomic E-state index is 0.0239. The molecule has 0 N–H and O–H groups in total. The molecule has 0 saturated carbocycles. The summed E-state index contributed by atoms with van der Waals surface area (Å²) in [6, 6.07) is 7.06. The number of benzene rings is 1. The zero-order chi connectivity index (χ0) is 13.5. The molecule has 0 atom stereocenters. The normalized spacial score (nSPS) is 16.8. The molecule has 0 radical (unpaired) electrons. The highest BCUT2D eigenvalue weighted by molar-refractivity contribution is 9.10. The van der Waals surface area contributed by atoms with Crippen LogP contribution >= 0.6 is 27.3 Å². The van der Waals surface area contributed by atoms with Crippen molar-refractivity contribution in [2.45, 2.75) is 6.85 Å². The van der Waals surface area contributed by atoms with Gasteiger partial charge in [-0.25, -0.2) is 0 Å². The Labute approximate surface area is 97.4 Å². The lowest BCUT2D eigenvalue weighted by Crippen LogP contribution is -1.70. The van der Waals surface area contributed by atoms with Gasteiger partial charge in [0.05, 0.1) is 2.74 Å². The summed E-state index contributed by atoms with van der Waals surface area (Å²) < 4.78 is 38.5. The lowest BCUT2D eigenvalue weighted by atomic mass is 10.2. The molecule has 1 aromatic carbocycles. The third-order valence-corrected chi connectivity index (χ3v) is 2.92. The zero-order valence-electron chi connectivity index (χ0n) is 11.6. The molecule has 0 saturated heterocycles. The topological polar surface area (TPSA) is 0 Å². The molecule has 2 rings (SSSR count).